The Morgan fingerprint density at radius 3 is 2.75 bits per heavy atom. The summed E-state index contributed by atoms with van der Waals surface area (Å²) >= 11 is 3.48. The van der Waals surface area contributed by atoms with Gasteiger partial charge in [-0.2, -0.15) is 0 Å². The first-order valence-corrected chi connectivity index (χ1v) is 5.81. The lowest BCUT2D eigenvalue weighted by Gasteiger charge is -2.02. The molecule has 3 heteroatoms. The lowest BCUT2D eigenvalue weighted by Crippen LogP contribution is -1.78. The Balaban J connectivity index is 2.18. The summed E-state index contributed by atoms with van der Waals surface area (Å²) in [6.45, 7) is 0. The van der Waals surface area contributed by atoms with Crippen LogP contribution in [-0.2, 0) is 0 Å². The van der Waals surface area contributed by atoms with E-state index in [2.05, 4.69) is 56.2 Å². The van der Waals surface area contributed by atoms with Gasteiger partial charge in [0.1, 0.15) is 0 Å². The molecule has 0 atom stereocenters. The fourth-order valence-corrected chi connectivity index (χ4v) is 2.18. The Labute approximate surface area is 101 Å². The molecule has 2 nitrogen and oxygen atoms in total. The summed E-state index contributed by atoms with van der Waals surface area (Å²) in [6.07, 6.45) is 1.72. The second kappa shape index (κ2) is 3.76. The highest BCUT2D eigenvalue weighted by molar-refractivity contribution is 9.10. The van der Waals surface area contributed by atoms with Crippen LogP contribution in [0.4, 0.5) is 0 Å². The minimum atomic E-state index is 0.998. The van der Waals surface area contributed by atoms with Gasteiger partial charge in [0, 0.05) is 4.47 Å². The number of halogens is 1. The minimum absolute atomic E-state index is 0.998. The summed E-state index contributed by atoms with van der Waals surface area (Å²) in [7, 11) is 0. The number of nitrogens with one attached hydrogen (secondary N) is 1. The van der Waals surface area contributed by atoms with Crippen molar-refractivity contribution in [2.45, 2.75) is 0 Å². The van der Waals surface area contributed by atoms with E-state index in [-0.39, 0.29) is 0 Å². The first kappa shape index (κ1) is 9.60. The molecule has 78 valence electrons. The molecule has 0 saturated heterocycles. The highest BCUT2D eigenvalue weighted by Crippen LogP contribution is 2.25. The van der Waals surface area contributed by atoms with Crippen molar-refractivity contribution < 1.29 is 0 Å². The zero-order valence-electron chi connectivity index (χ0n) is 8.44. The third-order valence-electron chi connectivity index (χ3n) is 2.58. The second-order valence-electron chi connectivity index (χ2n) is 3.64. The highest BCUT2D eigenvalue weighted by atomic mass is 79.9. The Morgan fingerprint density at radius 1 is 1.00 bits per heavy atom. The van der Waals surface area contributed by atoms with Gasteiger partial charge in [0.05, 0.1) is 17.4 Å². The zero-order valence-corrected chi connectivity index (χ0v) is 10.0. The molecule has 3 rings (SSSR count). The quantitative estimate of drug-likeness (QED) is 0.713. The molecule has 0 amide bonds. The van der Waals surface area contributed by atoms with Gasteiger partial charge in [0.2, 0.25) is 0 Å². The second-order valence-corrected chi connectivity index (χ2v) is 4.56. The third-order valence-corrected chi connectivity index (χ3v) is 3.07. The molecule has 3 aromatic rings. The number of aromatic nitrogens is 2. The lowest BCUT2D eigenvalue weighted by atomic mass is 10.1. The molecular formula is C13H9BrN2. The largest absolute Gasteiger partial charge is 0.345 e. The molecule has 0 saturated carbocycles. The monoisotopic (exact) mass is 272 g/mol. The molecule has 0 fully saturated rings. The molecule has 0 aliphatic heterocycles. The van der Waals surface area contributed by atoms with Crippen LogP contribution in [0.15, 0.2) is 53.3 Å². The summed E-state index contributed by atoms with van der Waals surface area (Å²) < 4.78 is 1.09. The third kappa shape index (κ3) is 1.63. The maximum atomic E-state index is 4.26. The van der Waals surface area contributed by atoms with Crippen molar-refractivity contribution in [1.82, 2.24) is 9.97 Å². The Bertz CT molecular complexity index is 643. The van der Waals surface area contributed by atoms with Gasteiger partial charge in [-0.15, -0.1) is 0 Å². The van der Waals surface area contributed by atoms with E-state index in [1.807, 2.05) is 12.1 Å². The molecular weight excluding hydrogens is 264 g/mol. The van der Waals surface area contributed by atoms with E-state index >= 15 is 0 Å². The molecule has 1 heterocycles. The average Bonchev–Trinajstić information content (AvgIpc) is 2.75. The number of benzene rings is 2. The molecule has 0 radical (unpaired) electrons. The zero-order chi connectivity index (χ0) is 11.0. The fourth-order valence-electron chi connectivity index (χ4n) is 1.78. The molecule has 0 spiro atoms. The number of rotatable bonds is 1. The van der Waals surface area contributed by atoms with Crippen molar-refractivity contribution in [2.75, 3.05) is 0 Å². The van der Waals surface area contributed by atoms with Crippen LogP contribution in [0.5, 0.6) is 0 Å². The number of hydrogen-bond donors (Lipinski definition) is 1. The van der Waals surface area contributed by atoms with Crippen LogP contribution in [0.3, 0.4) is 0 Å². The normalized spacial score (nSPS) is 10.8. The van der Waals surface area contributed by atoms with Gasteiger partial charge in [0.15, 0.2) is 0 Å². The molecule has 1 N–H and O–H groups in total. The van der Waals surface area contributed by atoms with Gasteiger partial charge < -0.3 is 4.98 Å². The molecule has 1 aromatic heterocycles. The van der Waals surface area contributed by atoms with E-state index in [0.717, 1.165) is 15.5 Å². The number of imidazole rings is 1. The maximum absolute atomic E-state index is 4.26. The SMILES string of the molecule is Brc1cccc(-c2ccc3[nH]cnc3c2)c1. The van der Waals surface area contributed by atoms with E-state index in [9.17, 15) is 0 Å². The summed E-state index contributed by atoms with van der Waals surface area (Å²) in [6, 6.07) is 14.5. The number of hydrogen-bond acceptors (Lipinski definition) is 1. The number of H-pyrrole nitrogens is 1. The first-order valence-electron chi connectivity index (χ1n) is 5.02. The number of aromatic amines is 1. The predicted octanol–water partition coefficient (Wildman–Crippen LogP) is 3.99. The van der Waals surface area contributed by atoms with Crippen LogP contribution in [-0.4, -0.2) is 9.97 Å². The molecule has 0 aliphatic carbocycles. The first-order chi connectivity index (χ1) is 7.83. The summed E-state index contributed by atoms with van der Waals surface area (Å²) in [5.74, 6) is 0. The van der Waals surface area contributed by atoms with Crippen molar-refractivity contribution in [1.29, 1.82) is 0 Å². The van der Waals surface area contributed by atoms with Crippen molar-refractivity contribution in [3.8, 4) is 11.1 Å². The van der Waals surface area contributed by atoms with Gasteiger partial charge in [-0.05, 0) is 35.4 Å². The van der Waals surface area contributed by atoms with E-state index in [1.54, 1.807) is 6.33 Å². The average molecular weight is 273 g/mol. The van der Waals surface area contributed by atoms with Crippen LogP contribution in [0, 0.1) is 0 Å². The van der Waals surface area contributed by atoms with Gasteiger partial charge in [-0.1, -0.05) is 34.1 Å². The van der Waals surface area contributed by atoms with Crippen molar-refractivity contribution in [3.63, 3.8) is 0 Å². The number of nitrogens with zero attached hydrogens (tertiary/aromatic N) is 1. The van der Waals surface area contributed by atoms with Crippen LogP contribution in [0.25, 0.3) is 22.2 Å². The smallest absolute Gasteiger partial charge is 0.0931 e. The standard InChI is InChI=1S/C13H9BrN2/c14-11-3-1-2-9(6-11)10-4-5-12-13(7-10)16-8-15-12/h1-8H,(H,15,16). The Morgan fingerprint density at radius 2 is 1.88 bits per heavy atom. The number of fused-ring (bicyclic) bond motifs is 1. The Hall–Kier alpha value is -1.61. The van der Waals surface area contributed by atoms with Crippen LogP contribution < -0.4 is 0 Å². The van der Waals surface area contributed by atoms with Crippen molar-refractivity contribution in [2.24, 2.45) is 0 Å². The lowest BCUT2D eigenvalue weighted by molar-refractivity contribution is 1.34. The van der Waals surface area contributed by atoms with Gasteiger partial charge >= 0.3 is 0 Å². The molecule has 16 heavy (non-hydrogen) atoms. The van der Waals surface area contributed by atoms with Gasteiger partial charge in [-0.3, -0.25) is 0 Å². The van der Waals surface area contributed by atoms with Crippen LogP contribution in [0.2, 0.25) is 0 Å². The minimum Gasteiger partial charge on any atom is -0.345 e. The van der Waals surface area contributed by atoms with Crippen molar-refractivity contribution >= 4 is 27.0 Å². The summed E-state index contributed by atoms with van der Waals surface area (Å²) in [4.78, 5) is 7.35. The van der Waals surface area contributed by atoms with Crippen molar-refractivity contribution in [3.05, 3.63) is 53.3 Å². The van der Waals surface area contributed by atoms with E-state index in [4.69, 9.17) is 0 Å². The maximum Gasteiger partial charge on any atom is 0.0931 e. The molecule has 0 unspecified atom stereocenters. The van der Waals surface area contributed by atoms with Gasteiger partial charge in [-0.25, -0.2) is 4.98 Å². The van der Waals surface area contributed by atoms with Crippen LogP contribution >= 0.6 is 15.9 Å². The van der Waals surface area contributed by atoms with E-state index in [1.165, 1.54) is 11.1 Å². The predicted molar refractivity (Wildman–Crippen MR) is 69.2 cm³/mol. The summed E-state index contributed by atoms with van der Waals surface area (Å²) in [5.41, 5.74) is 4.44. The molecule has 2 aromatic carbocycles. The van der Waals surface area contributed by atoms with E-state index < -0.39 is 0 Å². The topological polar surface area (TPSA) is 28.7 Å². The molecule has 0 bridgehead atoms. The van der Waals surface area contributed by atoms with Gasteiger partial charge in [0.25, 0.3) is 0 Å². The Kier molecular flexibility index (Phi) is 2.26. The van der Waals surface area contributed by atoms with E-state index in [0.29, 0.717) is 0 Å². The highest BCUT2D eigenvalue weighted by Gasteiger charge is 2.01. The molecule has 0 aliphatic rings. The fraction of sp³-hybridized carbons (Fsp3) is 0. The van der Waals surface area contributed by atoms with Crippen LogP contribution in [0.1, 0.15) is 0 Å². The summed E-state index contributed by atoms with van der Waals surface area (Å²) in [5, 5.41) is 0.